The molecule has 0 amide bonds. The SMILES string of the molecule is CCCCCCCCC(O)/C=C/C=C/C1CC=CCC1C(O)CCCC(=O)OC. The van der Waals surface area contributed by atoms with E-state index < -0.39 is 6.10 Å². The summed E-state index contributed by atoms with van der Waals surface area (Å²) in [6.07, 6.45) is 23.1. The standard InChI is InChI=1S/C25H42O4/c1-3-4-5-6-7-8-16-22(26)17-11-9-14-21-15-10-12-18-23(21)24(27)19-13-20-25(28)29-2/h9-12,14,17,21-24,26-27H,3-8,13,15-16,18-20H2,1-2H3/b14-9+,17-11+. The van der Waals surface area contributed by atoms with Crippen LogP contribution in [0.15, 0.2) is 36.5 Å². The van der Waals surface area contributed by atoms with Gasteiger partial charge in [0.25, 0.3) is 0 Å². The number of methoxy groups -OCH3 is 1. The first-order valence-corrected chi connectivity index (χ1v) is 11.5. The van der Waals surface area contributed by atoms with E-state index in [2.05, 4.69) is 29.9 Å². The fraction of sp³-hybridized carbons (Fsp3) is 0.720. The molecule has 29 heavy (non-hydrogen) atoms. The summed E-state index contributed by atoms with van der Waals surface area (Å²) in [6.45, 7) is 2.22. The summed E-state index contributed by atoms with van der Waals surface area (Å²) in [5, 5.41) is 20.7. The van der Waals surface area contributed by atoms with Gasteiger partial charge in [0.2, 0.25) is 0 Å². The van der Waals surface area contributed by atoms with Crippen LogP contribution in [-0.2, 0) is 9.53 Å². The van der Waals surface area contributed by atoms with Crippen LogP contribution in [0.1, 0.15) is 84.0 Å². The number of carbonyl (C=O) groups excluding carboxylic acids is 1. The van der Waals surface area contributed by atoms with E-state index >= 15 is 0 Å². The number of aliphatic hydroxyl groups excluding tert-OH is 2. The third kappa shape index (κ3) is 12.0. The molecule has 1 aliphatic carbocycles. The smallest absolute Gasteiger partial charge is 0.305 e. The Morgan fingerprint density at radius 2 is 1.76 bits per heavy atom. The molecule has 2 N–H and O–H groups in total. The van der Waals surface area contributed by atoms with Crippen LogP contribution >= 0.6 is 0 Å². The van der Waals surface area contributed by atoms with Crippen LogP contribution in [0.5, 0.6) is 0 Å². The molecular weight excluding hydrogens is 364 g/mol. The number of carbonyl (C=O) groups is 1. The maximum Gasteiger partial charge on any atom is 0.305 e. The van der Waals surface area contributed by atoms with E-state index in [4.69, 9.17) is 0 Å². The van der Waals surface area contributed by atoms with Gasteiger partial charge in [0.05, 0.1) is 19.3 Å². The molecule has 0 saturated carbocycles. The molecule has 1 rings (SSSR count). The van der Waals surface area contributed by atoms with Crippen LogP contribution in [0.25, 0.3) is 0 Å². The van der Waals surface area contributed by atoms with Crippen molar-refractivity contribution in [3.63, 3.8) is 0 Å². The van der Waals surface area contributed by atoms with Crippen LogP contribution < -0.4 is 0 Å². The minimum Gasteiger partial charge on any atom is -0.469 e. The summed E-state index contributed by atoms with van der Waals surface area (Å²) >= 11 is 0. The minimum absolute atomic E-state index is 0.176. The highest BCUT2D eigenvalue weighted by Crippen LogP contribution is 2.31. The number of rotatable bonds is 15. The van der Waals surface area contributed by atoms with Crippen molar-refractivity contribution in [2.75, 3.05) is 7.11 Å². The third-order valence-corrected chi connectivity index (χ3v) is 5.79. The van der Waals surface area contributed by atoms with Crippen molar-refractivity contribution in [3.8, 4) is 0 Å². The Bertz CT molecular complexity index is 509. The second kappa shape index (κ2) is 16.4. The molecule has 0 aromatic heterocycles. The number of ether oxygens (including phenoxy) is 1. The predicted molar refractivity (Wildman–Crippen MR) is 120 cm³/mol. The molecule has 4 atom stereocenters. The van der Waals surface area contributed by atoms with Gasteiger partial charge in [-0.2, -0.15) is 0 Å². The molecule has 0 heterocycles. The van der Waals surface area contributed by atoms with Gasteiger partial charge in [-0.15, -0.1) is 0 Å². The Balaban J connectivity index is 2.34. The van der Waals surface area contributed by atoms with Crippen LogP contribution in [-0.4, -0.2) is 35.5 Å². The van der Waals surface area contributed by atoms with Gasteiger partial charge in [0.15, 0.2) is 0 Å². The van der Waals surface area contributed by atoms with Crippen LogP contribution in [0, 0.1) is 11.8 Å². The fourth-order valence-corrected chi connectivity index (χ4v) is 3.92. The molecule has 0 radical (unpaired) electrons. The Kier molecular flexibility index (Phi) is 14.5. The van der Waals surface area contributed by atoms with E-state index in [-0.39, 0.29) is 23.9 Å². The molecular formula is C25H42O4. The molecule has 0 aromatic carbocycles. The molecule has 0 spiro atoms. The number of unbranched alkanes of at least 4 members (excludes halogenated alkanes) is 5. The van der Waals surface area contributed by atoms with E-state index in [1.54, 1.807) is 0 Å². The molecule has 1 aliphatic rings. The van der Waals surface area contributed by atoms with Gasteiger partial charge in [0, 0.05) is 6.42 Å². The summed E-state index contributed by atoms with van der Waals surface area (Å²) in [6, 6.07) is 0. The summed E-state index contributed by atoms with van der Waals surface area (Å²) in [5.41, 5.74) is 0. The van der Waals surface area contributed by atoms with E-state index in [1.807, 2.05) is 18.2 Å². The maximum absolute atomic E-state index is 11.2. The lowest BCUT2D eigenvalue weighted by molar-refractivity contribution is -0.140. The first-order valence-electron chi connectivity index (χ1n) is 11.5. The number of aliphatic hydroxyl groups is 2. The lowest BCUT2D eigenvalue weighted by Gasteiger charge is -2.30. The Morgan fingerprint density at radius 3 is 2.52 bits per heavy atom. The minimum atomic E-state index is -0.415. The summed E-state index contributed by atoms with van der Waals surface area (Å²) in [7, 11) is 1.39. The Hall–Kier alpha value is -1.39. The molecule has 4 unspecified atom stereocenters. The molecule has 0 fully saturated rings. The summed E-state index contributed by atoms with van der Waals surface area (Å²) in [4.78, 5) is 11.2. The first-order chi connectivity index (χ1) is 14.1. The first kappa shape index (κ1) is 25.6. The zero-order valence-corrected chi connectivity index (χ0v) is 18.5. The molecule has 4 heteroatoms. The van der Waals surface area contributed by atoms with Gasteiger partial charge >= 0.3 is 5.97 Å². The van der Waals surface area contributed by atoms with Gasteiger partial charge in [-0.05, 0) is 43.9 Å². The van der Waals surface area contributed by atoms with Crippen LogP contribution in [0.3, 0.4) is 0 Å². The average molecular weight is 407 g/mol. The van der Waals surface area contributed by atoms with Crippen molar-refractivity contribution < 1.29 is 19.7 Å². The predicted octanol–water partition coefficient (Wildman–Crippen LogP) is 5.50. The number of hydrogen-bond acceptors (Lipinski definition) is 4. The molecule has 0 aliphatic heterocycles. The molecule has 0 saturated heterocycles. The van der Waals surface area contributed by atoms with Crippen LogP contribution in [0.2, 0.25) is 0 Å². The van der Waals surface area contributed by atoms with Crippen molar-refractivity contribution >= 4 is 5.97 Å². The normalized spacial score (nSPS) is 21.7. The average Bonchev–Trinajstić information content (AvgIpc) is 2.73. The van der Waals surface area contributed by atoms with Crippen molar-refractivity contribution in [1.29, 1.82) is 0 Å². The van der Waals surface area contributed by atoms with E-state index in [0.29, 0.717) is 19.3 Å². The monoisotopic (exact) mass is 406 g/mol. The zero-order valence-electron chi connectivity index (χ0n) is 18.5. The van der Waals surface area contributed by atoms with Gasteiger partial charge in [0.1, 0.15) is 0 Å². The van der Waals surface area contributed by atoms with Crippen LogP contribution in [0.4, 0.5) is 0 Å². The van der Waals surface area contributed by atoms with E-state index in [0.717, 1.165) is 25.7 Å². The van der Waals surface area contributed by atoms with Gasteiger partial charge in [-0.25, -0.2) is 0 Å². The highest BCUT2D eigenvalue weighted by molar-refractivity contribution is 5.68. The fourth-order valence-electron chi connectivity index (χ4n) is 3.92. The highest BCUT2D eigenvalue weighted by atomic mass is 16.5. The molecule has 0 bridgehead atoms. The largest absolute Gasteiger partial charge is 0.469 e. The number of esters is 1. The lowest BCUT2D eigenvalue weighted by atomic mass is 9.78. The van der Waals surface area contributed by atoms with Gasteiger partial charge in [-0.1, -0.05) is 81.9 Å². The zero-order chi connectivity index (χ0) is 21.3. The van der Waals surface area contributed by atoms with Gasteiger partial charge < -0.3 is 14.9 Å². The number of hydrogen-bond donors (Lipinski definition) is 2. The highest BCUT2D eigenvalue weighted by Gasteiger charge is 2.26. The van der Waals surface area contributed by atoms with Crippen molar-refractivity contribution in [2.45, 2.75) is 96.2 Å². The van der Waals surface area contributed by atoms with Crippen molar-refractivity contribution in [1.82, 2.24) is 0 Å². The molecule has 4 nitrogen and oxygen atoms in total. The van der Waals surface area contributed by atoms with Gasteiger partial charge in [-0.3, -0.25) is 4.79 Å². The second-order valence-electron chi connectivity index (χ2n) is 8.20. The van der Waals surface area contributed by atoms with E-state index in [9.17, 15) is 15.0 Å². The van der Waals surface area contributed by atoms with E-state index in [1.165, 1.54) is 39.2 Å². The van der Waals surface area contributed by atoms with Crippen molar-refractivity contribution in [3.05, 3.63) is 36.5 Å². The third-order valence-electron chi connectivity index (χ3n) is 5.79. The summed E-state index contributed by atoms with van der Waals surface area (Å²) < 4.78 is 4.66. The number of allylic oxidation sites excluding steroid dienone is 5. The Morgan fingerprint density at radius 1 is 1.03 bits per heavy atom. The second-order valence-corrected chi connectivity index (χ2v) is 8.20. The lowest BCUT2D eigenvalue weighted by Crippen LogP contribution is -2.28. The quantitative estimate of drug-likeness (QED) is 0.163. The Labute approximate surface area is 177 Å². The molecule has 0 aromatic rings. The maximum atomic E-state index is 11.2. The molecule has 166 valence electrons. The topological polar surface area (TPSA) is 66.8 Å². The summed E-state index contributed by atoms with van der Waals surface area (Å²) in [5.74, 6) is 0.241. The van der Waals surface area contributed by atoms with Crippen molar-refractivity contribution in [2.24, 2.45) is 11.8 Å².